The zero-order valence-electron chi connectivity index (χ0n) is 18.8. The fourth-order valence-corrected chi connectivity index (χ4v) is 6.74. The second kappa shape index (κ2) is 7.64. The van der Waals surface area contributed by atoms with Gasteiger partial charge in [-0.1, -0.05) is 13.8 Å². The van der Waals surface area contributed by atoms with Crippen LogP contribution in [0.1, 0.15) is 76.7 Å². The van der Waals surface area contributed by atoms with E-state index in [0.29, 0.717) is 11.6 Å². The molecule has 3 aliphatic rings. The molecule has 1 N–H and O–H groups in total. The predicted octanol–water partition coefficient (Wildman–Crippen LogP) is 4.60. The quantitative estimate of drug-likeness (QED) is 0.672. The first kappa shape index (κ1) is 21.0. The van der Waals surface area contributed by atoms with Crippen LogP contribution in [0.4, 0.5) is 5.95 Å². The number of anilines is 1. The minimum absolute atomic E-state index is 0.227. The third-order valence-corrected chi connectivity index (χ3v) is 8.25. The Kier molecular flexibility index (Phi) is 5.19. The van der Waals surface area contributed by atoms with Crippen LogP contribution in [-0.2, 0) is 10.0 Å². The third-order valence-electron chi connectivity index (χ3n) is 7.69. The van der Waals surface area contributed by atoms with E-state index in [4.69, 9.17) is 4.74 Å². The van der Waals surface area contributed by atoms with Crippen LogP contribution in [0.15, 0.2) is 12.3 Å². The molecule has 3 saturated carbocycles. The minimum Gasteiger partial charge on any atom is -0.493 e. The van der Waals surface area contributed by atoms with Crippen molar-refractivity contribution in [2.75, 3.05) is 17.6 Å². The summed E-state index contributed by atoms with van der Waals surface area (Å²) in [6.07, 6.45) is 13.2. The minimum atomic E-state index is -3.42. The molecule has 0 aliphatic heterocycles. The third kappa shape index (κ3) is 4.41. The van der Waals surface area contributed by atoms with Crippen LogP contribution in [0.5, 0.6) is 5.75 Å². The molecule has 0 saturated heterocycles. The van der Waals surface area contributed by atoms with E-state index in [1.165, 1.54) is 32.1 Å². The second-order valence-electron chi connectivity index (χ2n) is 10.6. The lowest BCUT2D eigenvalue weighted by molar-refractivity contribution is -0.000597. The summed E-state index contributed by atoms with van der Waals surface area (Å²) < 4.78 is 34.1. The number of hydrogen-bond donors (Lipinski definition) is 1. The Morgan fingerprint density at radius 1 is 1.19 bits per heavy atom. The molecule has 2 unspecified atom stereocenters. The van der Waals surface area contributed by atoms with Crippen molar-refractivity contribution < 1.29 is 13.2 Å². The van der Waals surface area contributed by atoms with E-state index < -0.39 is 10.0 Å². The zero-order chi connectivity index (χ0) is 21.8. The first-order valence-electron chi connectivity index (χ1n) is 11.7. The molecule has 5 rings (SSSR count). The van der Waals surface area contributed by atoms with Gasteiger partial charge in [0, 0.05) is 23.2 Å². The number of nitrogens with zero attached hydrogens (tertiary/aromatic N) is 3. The molecule has 0 spiro atoms. The Morgan fingerprint density at radius 3 is 2.52 bits per heavy atom. The Morgan fingerprint density at radius 2 is 1.90 bits per heavy atom. The first-order chi connectivity index (χ1) is 14.7. The zero-order valence-corrected chi connectivity index (χ0v) is 19.6. The van der Waals surface area contributed by atoms with Gasteiger partial charge in [-0.25, -0.2) is 8.42 Å². The molecule has 2 bridgehead atoms. The van der Waals surface area contributed by atoms with Crippen molar-refractivity contribution in [1.82, 2.24) is 14.6 Å². The van der Waals surface area contributed by atoms with E-state index in [-0.39, 0.29) is 11.4 Å². The van der Waals surface area contributed by atoms with Crippen LogP contribution < -0.4 is 9.46 Å². The second-order valence-corrected chi connectivity index (χ2v) is 12.3. The highest BCUT2D eigenvalue weighted by Gasteiger charge is 2.43. The largest absolute Gasteiger partial charge is 0.493 e. The molecule has 2 aromatic rings. The van der Waals surface area contributed by atoms with Crippen LogP contribution in [-0.4, -0.2) is 35.9 Å². The summed E-state index contributed by atoms with van der Waals surface area (Å²) in [5.74, 6) is 4.15. The molecule has 8 heteroatoms. The number of ether oxygens (including phenoxy) is 1. The Balaban J connectivity index is 1.40. The standard InChI is InChI=1S/C23H34N4O3S/c1-4-23(11-16-7-15(2)8-17(9-16)12-23)14-30-20-10-21-24-25-22(26-31(3,28)29)27(21)13-19(20)18-5-6-18/h10,13,15-18H,4-9,11-12,14H2,1-3H3,(H,25,26). The highest BCUT2D eigenvalue weighted by atomic mass is 32.2. The van der Waals surface area contributed by atoms with Crippen LogP contribution in [0.2, 0.25) is 0 Å². The van der Waals surface area contributed by atoms with Gasteiger partial charge in [-0.15, -0.1) is 10.2 Å². The molecular weight excluding hydrogens is 412 g/mol. The van der Waals surface area contributed by atoms with Gasteiger partial charge in [0.15, 0.2) is 5.65 Å². The SMILES string of the molecule is CCC1(COc2cc3nnc(NS(C)(=O)=O)n3cc2C2CC2)CC2CC(C)CC(C2)C1. The maximum Gasteiger partial charge on any atom is 0.242 e. The topological polar surface area (TPSA) is 85.6 Å². The molecular formula is C23H34N4O3S. The number of aromatic nitrogens is 3. The van der Waals surface area contributed by atoms with Gasteiger partial charge in [0.25, 0.3) is 0 Å². The van der Waals surface area contributed by atoms with Gasteiger partial charge in [0.05, 0.1) is 12.9 Å². The summed E-state index contributed by atoms with van der Waals surface area (Å²) in [7, 11) is -3.42. The molecule has 2 heterocycles. The van der Waals surface area contributed by atoms with Crippen molar-refractivity contribution in [1.29, 1.82) is 0 Å². The average molecular weight is 447 g/mol. The van der Waals surface area contributed by atoms with Crippen LogP contribution >= 0.6 is 0 Å². The van der Waals surface area contributed by atoms with E-state index in [1.807, 2.05) is 12.3 Å². The molecule has 0 amide bonds. The predicted molar refractivity (Wildman–Crippen MR) is 121 cm³/mol. The Hall–Kier alpha value is -1.83. The fraction of sp³-hybridized carbons (Fsp3) is 0.739. The van der Waals surface area contributed by atoms with E-state index in [1.54, 1.807) is 4.40 Å². The number of hydrogen-bond acceptors (Lipinski definition) is 5. The van der Waals surface area contributed by atoms with Gasteiger partial charge in [0.1, 0.15) is 5.75 Å². The molecule has 0 aromatic carbocycles. The summed E-state index contributed by atoms with van der Waals surface area (Å²) in [5, 5.41) is 8.21. The lowest BCUT2D eigenvalue weighted by Crippen LogP contribution is -2.41. The molecule has 3 aliphatic carbocycles. The first-order valence-corrected chi connectivity index (χ1v) is 13.6. The maximum atomic E-state index is 11.7. The number of nitrogens with one attached hydrogen (secondary N) is 1. The van der Waals surface area contributed by atoms with Gasteiger partial charge in [-0.3, -0.25) is 9.12 Å². The molecule has 2 aromatic heterocycles. The van der Waals surface area contributed by atoms with Gasteiger partial charge < -0.3 is 4.74 Å². The Bertz CT molecular complexity index is 1060. The fourth-order valence-electron chi connectivity index (χ4n) is 6.27. The van der Waals surface area contributed by atoms with E-state index >= 15 is 0 Å². The molecule has 0 radical (unpaired) electrons. The number of pyridine rings is 1. The summed E-state index contributed by atoms with van der Waals surface area (Å²) >= 11 is 0. The van der Waals surface area contributed by atoms with E-state index in [9.17, 15) is 8.42 Å². The normalized spacial score (nSPS) is 31.0. The van der Waals surface area contributed by atoms with Crippen molar-refractivity contribution in [3.8, 4) is 5.75 Å². The summed E-state index contributed by atoms with van der Waals surface area (Å²) in [6, 6.07) is 1.93. The van der Waals surface area contributed by atoms with Gasteiger partial charge >= 0.3 is 0 Å². The maximum absolute atomic E-state index is 11.7. The molecule has 2 atom stereocenters. The van der Waals surface area contributed by atoms with Crippen molar-refractivity contribution in [2.24, 2.45) is 23.2 Å². The highest BCUT2D eigenvalue weighted by molar-refractivity contribution is 7.92. The van der Waals surface area contributed by atoms with Crippen molar-refractivity contribution in [2.45, 2.75) is 71.1 Å². The van der Waals surface area contributed by atoms with E-state index in [2.05, 4.69) is 28.8 Å². The van der Waals surface area contributed by atoms with Crippen LogP contribution in [0.25, 0.3) is 5.65 Å². The number of sulfonamides is 1. The molecule has 7 nitrogen and oxygen atoms in total. The smallest absolute Gasteiger partial charge is 0.242 e. The number of rotatable bonds is 7. The monoisotopic (exact) mass is 446 g/mol. The van der Waals surface area contributed by atoms with Crippen LogP contribution in [0, 0.1) is 23.2 Å². The van der Waals surface area contributed by atoms with Crippen LogP contribution in [0.3, 0.4) is 0 Å². The number of fused-ring (bicyclic) bond motifs is 3. The van der Waals surface area contributed by atoms with Crippen molar-refractivity contribution in [3.05, 3.63) is 17.8 Å². The molecule has 3 fully saturated rings. The van der Waals surface area contributed by atoms with E-state index in [0.717, 1.165) is 61.2 Å². The summed E-state index contributed by atoms with van der Waals surface area (Å²) in [4.78, 5) is 0. The lowest BCUT2D eigenvalue weighted by atomic mass is 9.58. The molecule has 31 heavy (non-hydrogen) atoms. The lowest BCUT2D eigenvalue weighted by Gasteiger charge is -2.48. The average Bonchev–Trinajstić information content (AvgIpc) is 3.47. The van der Waals surface area contributed by atoms with Gasteiger partial charge in [0.2, 0.25) is 16.0 Å². The van der Waals surface area contributed by atoms with Gasteiger partial charge in [-0.05, 0) is 75.0 Å². The molecule has 170 valence electrons. The Labute approximate surface area is 185 Å². The summed E-state index contributed by atoms with van der Waals surface area (Å²) in [5.41, 5.74) is 2.00. The summed E-state index contributed by atoms with van der Waals surface area (Å²) in [6.45, 7) is 5.49. The van der Waals surface area contributed by atoms with Crippen molar-refractivity contribution in [3.63, 3.8) is 0 Å². The van der Waals surface area contributed by atoms with Gasteiger partial charge in [-0.2, -0.15) is 0 Å². The van der Waals surface area contributed by atoms with Crippen molar-refractivity contribution >= 4 is 21.6 Å². The highest BCUT2D eigenvalue weighted by Crippen LogP contribution is 2.52.